The third-order valence-corrected chi connectivity index (χ3v) is 4.09. The van der Waals surface area contributed by atoms with Gasteiger partial charge in [0, 0.05) is 51.5 Å². The van der Waals surface area contributed by atoms with Gasteiger partial charge in [-0.15, -0.1) is 0 Å². The van der Waals surface area contributed by atoms with Gasteiger partial charge in [0.2, 0.25) is 5.88 Å². The fraction of sp³-hybridized carbons (Fsp3) is 0.412. The average molecular weight is 355 g/mol. The fourth-order valence-corrected chi connectivity index (χ4v) is 2.77. The standard InChI is InChI=1S/C17H21N7O2/c1-2-19-17(25)21-16-9-14(22-26-16)12-23-5-7-24(8-6-23)15-4-3-13(10-18)11-20-15/h3-4,9,11H,2,5-8,12H2,1H3,(H2,19,21,25). The highest BCUT2D eigenvalue weighted by Crippen LogP contribution is 2.16. The Morgan fingerprint density at radius 1 is 1.35 bits per heavy atom. The highest BCUT2D eigenvalue weighted by atomic mass is 16.5. The van der Waals surface area contributed by atoms with Gasteiger partial charge >= 0.3 is 6.03 Å². The second kappa shape index (κ2) is 8.31. The zero-order chi connectivity index (χ0) is 18.4. The summed E-state index contributed by atoms with van der Waals surface area (Å²) in [7, 11) is 0. The first-order chi connectivity index (χ1) is 12.7. The van der Waals surface area contributed by atoms with Crippen LogP contribution in [-0.2, 0) is 6.54 Å². The van der Waals surface area contributed by atoms with E-state index >= 15 is 0 Å². The number of nitrogens with zero attached hydrogens (tertiary/aromatic N) is 5. The fourth-order valence-electron chi connectivity index (χ4n) is 2.77. The van der Waals surface area contributed by atoms with E-state index in [9.17, 15) is 4.79 Å². The van der Waals surface area contributed by atoms with E-state index in [1.807, 2.05) is 13.0 Å². The lowest BCUT2D eigenvalue weighted by molar-refractivity contribution is 0.241. The Morgan fingerprint density at radius 2 is 2.15 bits per heavy atom. The maximum absolute atomic E-state index is 11.5. The van der Waals surface area contributed by atoms with Crippen molar-refractivity contribution in [3.8, 4) is 6.07 Å². The highest BCUT2D eigenvalue weighted by molar-refractivity contribution is 5.87. The van der Waals surface area contributed by atoms with E-state index in [4.69, 9.17) is 9.78 Å². The quantitative estimate of drug-likeness (QED) is 0.834. The highest BCUT2D eigenvalue weighted by Gasteiger charge is 2.19. The first-order valence-corrected chi connectivity index (χ1v) is 8.52. The second-order valence-electron chi connectivity index (χ2n) is 5.95. The lowest BCUT2D eigenvalue weighted by Gasteiger charge is -2.34. The number of nitrogens with one attached hydrogen (secondary N) is 2. The van der Waals surface area contributed by atoms with Crippen LogP contribution in [0.1, 0.15) is 18.2 Å². The zero-order valence-electron chi connectivity index (χ0n) is 14.6. The smallest absolute Gasteiger partial charge is 0.321 e. The molecule has 1 fully saturated rings. The summed E-state index contributed by atoms with van der Waals surface area (Å²) in [5.41, 5.74) is 1.34. The van der Waals surface area contributed by atoms with Crippen LogP contribution >= 0.6 is 0 Å². The number of amides is 2. The molecule has 0 bridgehead atoms. The zero-order valence-corrected chi connectivity index (χ0v) is 14.6. The van der Waals surface area contributed by atoms with Crippen molar-refractivity contribution in [1.29, 1.82) is 5.26 Å². The molecule has 136 valence electrons. The van der Waals surface area contributed by atoms with Gasteiger partial charge in [-0.05, 0) is 19.1 Å². The molecule has 0 saturated carbocycles. The van der Waals surface area contributed by atoms with Crippen LogP contribution in [0.5, 0.6) is 0 Å². The van der Waals surface area contributed by atoms with Gasteiger partial charge in [0.1, 0.15) is 11.9 Å². The summed E-state index contributed by atoms with van der Waals surface area (Å²) in [4.78, 5) is 20.3. The molecule has 1 aliphatic rings. The minimum Gasteiger partial charge on any atom is -0.354 e. The van der Waals surface area contributed by atoms with Crippen molar-refractivity contribution in [2.75, 3.05) is 42.9 Å². The number of hydrogen-bond acceptors (Lipinski definition) is 7. The van der Waals surface area contributed by atoms with E-state index in [0.717, 1.165) is 37.7 Å². The van der Waals surface area contributed by atoms with Gasteiger partial charge in [0.05, 0.1) is 11.3 Å². The first-order valence-electron chi connectivity index (χ1n) is 8.52. The lowest BCUT2D eigenvalue weighted by Crippen LogP contribution is -2.46. The van der Waals surface area contributed by atoms with Crippen molar-refractivity contribution < 1.29 is 9.32 Å². The number of urea groups is 1. The summed E-state index contributed by atoms with van der Waals surface area (Å²) in [5.74, 6) is 1.23. The molecule has 0 spiro atoms. The van der Waals surface area contributed by atoms with Crippen LogP contribution in [0.25, 0.3) is 0 Å². The number of anilines is 2. The molecular weight excluding hydrogens is 334 g/mol. The largest absolute Gasteiger partial charge is 0.354 e. The molecule has 0 radical (unpaired) electrons. The maximum atomic E-state index is 11.5. The van der Waals surface area contributed by atoms with E-state index in [1.54, 1.807) is 18.3 Å². The molecule has 9 nitrogen and oxygen atoms in total. The number of aromatic nitrogens is 2. The van der Waals surface area contributed by atoms with Crippen LogP contribution in [0.4, 0.5) is 16.5 Å². The third-order valence-electron chi connectivity index (χ3n) is 4.09. The predicted molar refractivity (Wildman–Crippen MR) is 95.6 cm³/mol. The predicted octanol–water partition coefficient (Wildman–Crippen LogP) is 1.40. The Hall–Kier alpha value is -3.12. The molecule has 3 rings (SSSR count). The van der Waals surface area contributed by atoms with Crippen LogP contribution in [0.3, 0.4) is 0 Å². The molecule has 0 aliphatic carbocycles. The summed E-state index contributed by atoms with van der Waals surface area (Å²) in [6.07, 6.45) is 1.60. The molecule has 2 aromatic rings. The Kier molecular flexibility index (Phi) is 5.66. The van der Waals surface area contributed by atoms with E-state index in [1.165, 1.54) is 0 Å². The molecule has 9 heteroatoms. The summed E-state index contributed by atoms with van der Waals surface area (Å²) in [6, 6.07) is 7.18. The van der Waals surface area contributed by atoms with Crippen molar-refractivity contribution >= 4 is 17.7 Å². The minimum absolute atomic E-state index is 0.307. The molecular formula is C17H21N7O2. The van der Waals surface area contributed by atoms with Crippen LogP contribution in [-0.4, -0.2) is 53.8 Å². The Morgan fingerprint density at radius 3 is 2.81 bits per heavy atom. The monoisotopic (exact) mass is 355 g/mol. The molecule has 0 unspecified atom stereocenters. The number of pyridine rings is 1. The number of carbonyl (C=O) groups excluding carboxylic acids is 1. The maximum Gasteiger partial charge on any atom is 0.321 e. The molecule has 0 aromatic carbocycles. The van der Waals surface area contributed by atoms with Crippen molar-refractivity contribution in [2.24, 2.45) is 0 Å². The van der Waals surface area contributed by atoms with Gasteiger partial charge in [-0.3, -0.25) is 10.2 Å². The van der Waals surface area contributed by atoms with E-state index < -0.39 is 0 Å². The lowest BCUT2D eigenvalue weighted by atomic mass is 10.2. The average Bonchev–Trinajstić information content (AvgIpc) is 3.09. The molecule has 1 aliphatic heterocycles. The van der Waals surface area contributed by atoms with Crippen LogP contribution < -0.4 is 15.5 Å². The number of hydrogen-bond donors (Lipinski definition) is 2. The minimum atomic E-state index is -0.307. The number of nitriles is 1. The summed E-state index contributed by atoms with van der Waals surface area (Å²) < 4.78 is 5.14. The van der Waals surface area contributed by atoms with Gasteiger partial charge in [-0.25, -0.2) is 9.78 Å². The molecule has 3 heterocycles. The van der Waals surface area contributed by atoms with Crippen LogP contribution in [0, 0.1) is 11.3 Å². The van der Waals surface area contributed by atoms with Gasteiger partial charge in [-0.2, -0.15) is 5.26 Å². The number of carbonyl (C=O) groups is 1. The Balaban J connectivity index is 1.48. The first kappa shape index (κ1) is 17.7. The summed E-state index contributed by atoms with van der Waals surface area (Å²) in [6.45, 7) is 6.49. The van der Waals surface area contributed by atoms with Crippen molar-refractivity contribution in [3.63, 3.8) is 0 Å². The summed E-state index contributed by atoms with van der Waals surface area (Å²) in [5, 5.41) is 18.1. The van der Waals surface area contributed by atoms with E-state index in [-0.39, 0.29) is 6.03 Å². The molecule has 0 atom stereocenters. The number of piperazine rings is 1. The molecule has 2 aromatic heterocycles. The van der Waals surface area contributed by atoms with Crippen molar-refractivity contribution in [1.82, 2.24) is 20.4 Å². The number of rotatable bonds is 5. The topological polar surface area (TPSA) is 110 Å². The van der Waals surface area contributed by atoms with Crippen molar-refractivity contribution in [2.45, 2.75) is 13.5 Å². The van der Waals surface area contributed by atoms with E-state index in [2.05, 4.69) is 36.6 Å². The van der Waals surface area contributed by atoms with E-state index in [0.29, 0.717) is 24.5 Å². The molecule has 26 heavy (non-hydrogen) atoms. The summed E-state index contributed by atoms with van der Waals surface area (Å²) >= 11 is 0. The second-order valence-corrected chi connectivity index (χ2v) is 5.95. The molecule has 1 saturated heterocycles. The van der Waals surface area contributed by atoms with Gasteiger partial charge in [0.15, 0.2) is 0 Å². The Labute approximate surface area is 151 Å². The van der Waals surface area contributed by atoms with Gasteiger partial charge in [-0.1, -0.05) is 5.16 Å². The third kappa shape index (κ3) is 4.49. The normalized spacial score (nSPS) is 14.7. The SMILES string of the molecule is CCNC(=O)Nc1cc(CN2CCN(c3ccc(C#N)cn3)CC2)no1. The van der Waals surface area contributed by atoms with Gasteiger partial charge < -0.3 is 14.7 Å². The molecule has 2 amide bonds. The van der Waals surface area contributed by atoms with Crippen molar-refractivity contribution in [3.05, 3.63) is 35.7 Å². The van der Waals surface area contributed by atoms with Crippen LogP contribution in [0.2, 0.25) is 0 Å². The molecule has 2 N–H and O–H groups in total. The Bertz CT molecular complexity index is 773. The van der Waals surface area contributed by atoms with Gasteiger partial charge in [0.25, 0.3) is 0 Å². The van der Waals surface area contributed by atoms with Crippen LogP contribution in [0.15, 0.2) is 28.9 Å².